The Balaban J connectivity index is 1.82. The molecule has 0 spiro atoms. The van der Waals surface area contributed by atoms with Crippen LogP contribution < -0.4 is 4.90 Å². The predicted octanol–water partition coefficient (Wildman–Crippen LogP) is 1.16. The Morgan fingerprint density at radius 2 is 1.79 bits per heavy atom. The van der Waals surface area contributed by atoms with Crippen molar-refractivity contribution in [3.05, 3.63) is 18.5 Å². The van der Waals surface area contributed by atoms with Crippen LogP contribution in [0.3, 0.4) is 0 Å². The molecule has 2 rings (SSSR count). The SMILES string of the molecule is CCCCCN(CC(=O)N1CCN(c2ncccn2)CC1)C(C)=O. The fourth-order valence-corrected chi connectivity index (χ4v) is 2.77. The molecule has 1 aromatic rings. The molecule has 132 valence electrons. The van der Waals surface area contributed by atoms with E-state index < -0.39 is 0 Å². The van der Waals surface area contributed by atoms with E-state index in [-0.39, 0.29) is 18.4 Å². The van der Waals surface area contributed by atoms with Crippen molar-refractivity contribution in [1.82, 2.24) is 19.8 Å². The lowest BCUT2D eigenvalue weighted by Gasteiger charge is -2.35. The van der Waals surface area contributed by atoms with Gasteiger partial charge in [-0.25, -0.2) is 9.97 Å². The van der Waals surface area contributed by atoms with Crippen molar-refractivity contribution in [3.8, 4) is 0 Å². The topological polar surface area (TPSA) is 69.6 Å². The number of nitrogens with zero attached hydrogens (tertiary/aromatic N) is 5. The number of hydrogen-bond donors (Lipinski definition) is 0. The fourth-order valence-electron chi connectivity index (χ4n) is 2.77. The zero-order valence-corrected chi connectivity index (χ0v) is 14.6. The van der Waals surface area contributed by atoms with Gasteiger partial charge in [-0.15, -0.1) is 0 Å². The first-order chi connectivity index (χ1) is 11.6. The van der Waals surface area contributed by atoms with Gasteiger partial charge < -0.3 is 14.7 Å². The average molecular weight is 333 g/mol. The Morgan fingerprint density at radius 3 is 2.38 bits per heavy atom. The summed E-state index contributed by atoms with van der Waals surface area (Å²) in [6, 6.07) is 1.79. The number of piperazine rings is 1. The van der Waals surface area contributed by atoms with Crippen LogP contribution in [0, 0.1) is 0 Å². The van der Waals surface area contributed by atoms with Crippen molar-refractivity contribution >= 4 is 17.8 Å². The Morgan fingerprint density at radius 1 is 1.12 bits per heavy atom. The Hall–Kier alpha value is -2.18. The zero-order valence-electron chi connectivity index (χ0n) is 14.6. The largest absolute Gasteiger partial charge is 0.338 e. The molecule has 0 bridgehead atoms. The van der Waals surface area contributed by atoms with E-state index in [1.165, 1.54) is 6.92 Å². The van der Waals surface area contributed by atoms with E-state index in [1.54, 1.807) is 23.4 Å². The molecule has 0 aliphatic carbocycles. The van der Waals surface area contributed by atoms with Crippen LogP contribution in [-0.2, 0) is 9.59 Å². The molecular formula is C17H27N5O2. The zero-order chi connectivity index (χ0) is 17.4. The van der Waals surface area contributed by atoms with Crippen LogP contribution in [0.4, 0.5) is 5.95 Å². The van der Waals surface area contributed by atoms with Crippen LogP contribution >= 0.6 is 0 Å². The molecule has 1 fully saturated rings. The third kappa shape index (κ3) is 5.18. The Bertz CT molecular complexity index is 529. The summed E-state index contributed by atoms with van der Waals surface area (Å²) in [7, 11) is 0. The van der Waals surface area contributed by atoms with E-state index in [4.69, 9.17) is 0 Å². The second kappa shape index (κ2) is 9.20. The smallest absolute Gasteiger partial charge is 0.242 e. The van der Waals surface area contributed by atoms with Gasteiger partial charge in [-0.3, -0.25) is 9.59 Å². The number of carbonyl (C=O) groups excluding carboxylic acids is 2. The first kappa shape index (κ1) is 18.2. The van der Waals surface area contributed by atoms with Crippen molar-refractivity contribution in [3.63, 3.8) is 0 Å². The highest BCUT2D eigenvalue weighted by Gasteiger charge is 2.24. The molecule has 0 unspecified atom stereocenters. The average Bonchev–Trinajstić information content (AvgIpc) is 2.61. The van der Waals surface area contributed by atoms with Gasteiger partial charge in [0.25, 0.3) is 0 Å². The number of anilines is 1. The predicted molar refractivity (Wildman–Crippen MR) is 92.6 cm³/mol. The number of aromatic nitrogens is 2. The van der Waals surface area contributed by atoms with E-state index in [0.717, 1.165) is 19.3 Å². The minimum atomic E-state index is -0.0317. The van der Waals surface area contributed by atoms with E-state index in [0.29, 0.717) is 38.7 Å². The van der Waals surface area contributed by atoms with Gasteiger partial charge in [-0.2, -0.15) is 0 Å². The van der Waals surface area contributed by atoms with Crippen molar-refractivity contribution in [2.24, 2.45) is 0 Å². The summed E-state index contributed by atoms with van der Waals surface area (Å²) in [4.78, 5) is 38.2. The molecule has 2 heterocycles. The third-order valence-corrected chi connectivity index (χ3v) is 4.27. The standard InChI is InChI=1S/C17H27N5O2/c1-3-4-5-9-22(15(2)23)14-16(24)20-10-12-21(13-11-20)17-18-7-6-8-19-17/h6-8H,3-5,9-14H2,1-2H3. The van der Waals surface area contributed by atoms with Crippen molar-refractivity contribution < 1.29 is 9.59 Å². The summed E-state index contributed by atoms with van der Waals surface area (Å²) in [6.07, 6.45) is 6.57. The van der Waals surface area contributed by atoms with Gasteiger partial charge in [0.2, 0.25) is 17.8 Å². The van der Waals surface area contributed by atoms with Crippen LogP contribution in [0.15, 0.2) is 18.5 Å². The number of amides is 2. The quantitative estimate of drug-likeness (QED) is 0.701. The summed E-state index contributed by atoms with van der Waals surface area (Å²) in [5.41, 5.74) is 0. The molecule has 0 atom stereocenters. The van der Waals surface area contributed by atoms with Gasteiger partial charge in [0, 0.05) is 52.0 Å². The van der Waals surface area contributed by atoms with Gasteiger partial charge in [0.05, 0.1) is 6.54 Å². The maximum absolute atomic E-state index is 12.5. The lowest BCUT2D eigenvalue weighted by molar-refractivity contribution is -0.139. The minimum Gasteiger partial charge on any atom is -0.338 e. The monoisotopic (exact) mass is 333 g/mol. The molecule has 1 aliphatic heterocycles. The minimum absolute atomic E-state index is 0.0235. The number of rotatable bonds is 7. The third-order valence-electron chi connectivity index (χ3n) is 4.27. The summed E-state index contributed by atoms with van der Waals surface area (Å²) < 4.78 is 0. The molecule has 0 radical (unpaired) electrons. The van der Waals surface area contributed by atoms with Crippen LogP contribution in [0.2, 0.25) is 0 Å². The highest BCUT2D eigenvalue weighted by Crippen LogP contribution is 2.10. The van der Waals surface area contributed by atoms with Crippen molar-refractivity contribution in [2.45, 2.75) is 33.1 Å². The first-order valence-corrected chi connectivity index (χ1v) is 8.67. The Labute approximate surface area is 143 Å². The molecule has 7 heteroatoms. The molecule has 0 aromatic carbocycles. The molecule has 24 heavy (non-hydrogen) atoms. The highest BCUT2D eigenvalue weighted by molar-refractivity contribution is 5.84. The maximum Gasteiger partial charge on any atom is 0.242 e. The van der Waals surface area contributed by atoms with Crippen molar-refractivity contribution in [1.29, 1.82) is 0 Å². The normalized spacial score (nSPS) is 14.6. The number of unbranched alkanes of at least 4 members (excludes halogenated alkanes) is 2. The molecule has 7 nitrogen and oxygen atoms in total. The molecule has 1 aromatic heterocycles. The van der Waals surface area contributed by atoms with Crippen LogP contribution in [0.5, 0.6) is 0 Å². The summed E-state index contributed by atoms with van der Waals surface area (Å²) >= 11 is 0. The molecule has 1 saturated heterocycles. The van der Waals surface area contributed by atoms with E-state index in [2.05, 4.69) is 21.8 Å². The second-order valence-corrected chi connectivity index (χ2v) is 6.06. The second-order valence-electron chi connectivity index (χ2n) is 6.06. The van der Waals surface area contributed by atoms with Gasteiger partial charge >= 0.3 is 0 Å². The highest BCUT2D eigenvalue weighted by atomic mass is 16.2. The Kier molecular flexibility index (Phi) is 6.96. The number of hydrogen-bond acceptors (Lipinski definition) is 5. The van der Waals surface area contributed by atoms with Crippen LogP contribution in [-0.4, -0.2) is 70.9 Å². The molecule has 0 N–H and O–H groups in total. The molecule has 2 amide bonds. The fraction of sp³-hybridized carbons (Fsp3) is 0.647. The van der Waals surface area contributed by atoms with Gasteiger partial charge in [0.15, 0.2) is 0 Å². The van der Waals surface area contributed by atoms with E-state index >= 15 is 0 Å². The first-order valence-electron chi connectivity index (χ1n) is 8.67. The van der Waals surface area contributed by atoms with Gasteiger partial charge in [0.1, 0.15) is 0 Å². The van der Waals surface area contributed by atoms with E-state index in [9.17, 15) is 9.59 Å². The maximum atomic E-state index is 12.5. The summed E-state index contributed by atoms with van der Waals surface area (Å²) in [5, 5.41) is 0. The lowest BCUT2D eigenvalue weighted by atomic mass is 10.2. The lowest BCUT2D eigenvalue weighted by Crippen LogP contribution is -2.52. The van der Waals surface area contributed by atoms with E-state index in [1.807, 2.05) is 4.90 Å². The molecule has 1 aliphatic rings. The van der Waals surface area contributed by atoms with Gasteiger partial charge in [-0.1, -0.05) is 19.8 Å². The van der Waals surface area contributed by atoms with Crippen LogP contribution in [0.1, 0.15) is 33.1 Å². The molecular weight excluding hydrogens is 306 g/mol. The molecule has 0 saturated carbocycles. The van der Waals surface area contributed by atoms with Crippen LogP contribution in [0.25, 0.3) is 0 Å². The van der Waals surface area contributed by atoms with Crippen molar-refractivity contribution in [2.75, 3.05) is 44.2 Å². The number of carbonyl (C=O) groups is 2. The summed E-state index contributed by atoms with van der Waals surface area (Å²) in [6.45, 7) is 7.20. The summed E-state index contributed by atoms with van der Waals surface area (Å²) in [5.74, 6) is 0.695. The van der Waals surface area contributed by atoms with Gasteiger partial charge in [-0.05, 0) is 12.5 Å².